The first-order valence-corrected chi connectivity index (χ1v) is 12.2. The van der Waals surface area contributed by atoms with Crippen LogP contribution >= 0.6 is 11.8 Å². The quantitative estimate of drug-likeness (QED) is 0.263. The van der Waals surface area contributed by atoms with E-state index in [0.717, 1.165) is 5.56 Å². The number of nitrogens with one attached hydrogen (secondary N) is 2. The van der Waals surface area contributed by atoms with Gasteiger partial charge in [0.2, 0.25) is 17.7 Å². The number of amides is 3. The number of carbonyl (C=O) groups is 4. The van der Waals surface area contributed by atoms with E-state index in [1.807, 2.05) is 12.3 Å². The normalized spacial score (nSPS) is 18.3. The van der Waals surface area contributed by atoms with Gasteiger partial charge in [0, 0.05) is 13.0 Å². The van der Waals surface area contributed by atoms with E-state index in [0.29, 0.717) is 25.1 Å². The number of carboxylic acids is 1. The molecule has 33 heavy (non-hydrogen) atoms. The average Bonchev–Trinajstić information content (AvgIpc) is 3.30. The highest BCUT2D eigenvalue weighted by Crippen LogP contribution is 2.19. The van der Waals surface area contributed by atoms with E-state index in [1.165, 1.54) is 16.7 Å². The van der Waals surface area contributed by atoms with Crippen LogP contribution in [0.4, 0.5) is 0 Å². The van der Waals surface area contributed by atoms with Crippen LogP contribution in [0.2, 0.25) is 0 Å². The SMILES string of the molecule is CSCCC(NC(=O)C(Cc1ccccc1)NC(=O)C1CCCN1C(=O)C(N)CO)C(=O)O. The summed E-state index contributed by atoms with van der Waals surface area (Å²) < 4.78 is 0. The number of aliphatic hydroxyl groups excluding tert-OH is 1. The van der Waals surface area contributed by atoms with Crippen molar-refractivity contribution in [2.24, 2.45) is 5.73 Å². The van der Waals surface area contributed by atoms with Crippen molar-refractivity contribution in [2.75, 3.05) is 25.2 Å². The molecule has 1 saturated heterocycles. The van der Waals surface area contributed by atoms with Crippen LogP contribution in [0.3, 0.4) is 0 Å². The second-order valence-electron chi connectivity index (χ2n) is 7.91. The van der Waals surface area contributed by atoms with Crippen LogP contribution in [0.25, 0.3) is 0 Å². The highest BCUT2D eigenvalue weighted by atomic mass is 32.2. The predicted molar refractivity (Wildman–Crippen MR) is 124 cm³/mol. The number of hydrogen-bond acceptors (Lipinski definition) is 7. The van der Waals surface area contributed by atoms with Crippen LogP contribution in [0.15, 0.2) is 30.3 Å². The Kier molecular flexibility index (Phi) is 10.6. The fourth-order valence-electron chi connectivity index (χ4n) is 3.69. The number of benzene rings is 1. The smallest absolute Gasteiger partial charge is 0.326 e. The molecule has 1 aliphatic heterocycles. The average molecular weight is 481 g/mol. The van der Waals surface area contributed by atoms with E-state index in [4.69, 9.17) is 5.73 Å². The third-order valence-corrected chi connectivity index (χ3v) is 6.14. The van der Waals surface area contributed by atoms with Gasteiger partial charge in [-0.25, -0.2) is 4.79 Å². The van der Waals surface area contributed by atoms with Gasteiger partial charge in [0.25, 0.3) is 0 Å². The van der Waals surface area contributed by atoms with Gasteiger partial charge in [-0.15, -0.1) is 0 Å². The first-order valence-electron chi connectivity index (χ1n) is 10.8. The highest BCUT2D eigenvalue weighted by molar-refractivity contribution is 7.98. The molecule has 10 nitrogen and oxygen atoms in total. The molecule has 1 heterocycles. The maximum Gasteiger partial charge on any atom is 0.326 e. The second kappa shape index (κ2) is 13.2. The van der Waals surface area contributed by atoms with Crippen LogP contribution < -0.4 is 16.4 Å². The van der Waals surface area contributed by atoms with Crippen molar-refractivity contribution >= 4 is 35.5 Å². The molecule has 0 bridgehead atoms. The van der Waals surface area contributed by atoms with Crippen molar-refractivity contribution in [1.29, 1.82) is 0 Å². The predicted octanol–water partition coefficient (Wildman–Crippen LogP) is -0.653. The lowest BCUT2D eigenvalue weighted by Crippen LogP contribution is -2.57. The van der Waals surface area contributed by atoms with Gasteiger partial charge in [-0.1, -0.05) is 30.3 Å². The molecule has 4 atom stereocenters. The summed E-state index contributed by atoms with van der Waals surface area (Å²) in [5.41, 5.74) is 6.43. The molecule has 0 aromatic heterocycles. The summed E-state index contributed by atoms with van der Waals surface area (Å²) in [6.07, 6.45) is 3.24. The van der Waals surface area contributed by atoms with Crippen molar-refractivity contribution in [3.8, 4) is 0 Å². The Morgan fingerprint density at radius 3 is 2.48 bits per heavy atom. The van der Waals surface area contributed by atoms with Crippen LogP contribution in [-0.4, -0.2) is 88.1 Å². The summed E-state index contributed by atoms with van der Waals surface area (Å²) in [7, 11) is 0. The summed E-state index contributed by atoms with van der Waals surface area (Å²) in [6.45, 7) is -0.203. The molecule has 11 heteroatoms. The lowest BCUT2D eigenvalue weighted by atomic mass is 10.0. The van der Waals surface area contributed by atoms with Crippen molar-refractivity contribution in [3.63, 3.8) is 0 Å². The number of nitrogens with zero attached hydrogens (tertiary/aromatic N) is 1. The Morgan fingerprint density at radius 2 is 1.88 bits per heavy atom. The summed E-state index contributed by atoms with van der Waals surface area (Å²) in [4.78, 5) is 51.4. The summed E-state index contributed by atoms with van der Waals surface area (Å²) in [6, 6.07) is 5.01. The van der Waals surface area contributed by atoms with Crippen LogP contribution in [0.1, 0.15) is 24.8 Å². The summed E-state index contributed by atoms with van der Waals surface area (Å²) in [5.74, 6) is -2.24. The van der Waals surface area contributed by atoms with Crippen molar-refractivity contribution < 1.29 is 29.4 Å². The first-order chi connectivity index (χ1) is 15.8. The van der Waals surface area contributed by atoms with Crippen LogP contribution in [0, 0.1) is 0 Å². The lowest BCUT2D eigenvalue weighted by molar-refractivity contribution is -0.143. The Hall–Kier alpha value is -2.63. The zero-order valence-electron chi connectivity index (χ0n) is 18.6. The maximum absolute atomic E-state index is 13.1. The molecule has 2 rings (SSSR count). The minimum atomic E-state index is -1.15. The molecule has 1 fully saturated rings. The molecular weight excluding hydrogens is 448 g/mol. The fraction of sp³-hybridized carbons (Fsp3) is 0.545. The monoisotopic (exact) mass is 480 g/mol. The van der Waals surface area contributed by atoms with Crippen LogP contribution in [-0.2, 0) is 25.6 Å². The summed E-state index contributed by atoms with van der Waals surface area (Å²) >= 11 is 1.47. The summed E-state index contributed by atoms with van der Waals surface area (Å²) in [5, 5.41) is 23.9. The molecular formula is C22H32N4O6S. The molecule has 6 N–H and O–H groups in total. The zero-order valence-corrected chi connectivity index (χ0v) is 19.4. The minimum Gasteiger partial charge on any atom is -0.480 e. The molecule has 4 unspecified atom stereocenters. The minimum absolute atomic E-state index is 0.157. The standard InChI is InChI=1S/C22H32N4O6S/c1-33-11-9-16(22(31)32)24-19(28)17(12-14-6-3-2-4-7-14)25-20(29)18-8-5-10-26(18)21(30)15(23)13-27/h2-4,6-7,15-18,27H,5,8-13,23H2,1H3,(H,24,28)(H,25,29)(H,31,32). The van der Waals surface area contributed by atoms with Crippen LogP contribution in [0.5, 0.6) is 0 Å². The van der Waals surface area contributed by atoms with Crippen molar-refractivity contribution in [2.45, 2.75) is 49.9 Å². The molecule has 3 amide bonds. The van der Waals surface area contributed by atoms with E-state index in [2.05, 4.69) is 10.6 Å². The van der Waals surface area contributed by atoms with E-state index in [1.54, 1.807) is 24.3 Å². The number of hydrogen-bond donors (Lipinski definition) is 5. The molecule has 0 radical (unpaired) electrons. The molecule has 0 saturated carbocycles. The number of carbonyl (C=O) groups excluding carboxylic acids is 3. The fourth-order valence-corrected chi connectivity index (χ4v) is 4.16. The van der Waals surface area contributed by atoms with E-state index in [-0.39, 0.29) is 12.8 Å². The Bertz CT molecular complexity index is 824. The maximum atomic E-state index is 13.1. The number of nitrogens with two attached hydrogens (primary N) is 1. The number of likely N-dealkylation sites (tertiary alicyclic amines) is 1. The molecule has 182 valence electrons. The molecule has 1 aliphatic rings. The third-order valence-electron chi connectivity index (χ3n) is 5.49. The molecule has 1 aromatic carbocycles. The van der Waals surface area contributed by atoms with E-state index >= 15 is 0 Å². The van der Waals surface area contributed by atoms with Gasteiger partial charge in [-0.05, 0) is 36.8 Å². The highest BCUT2D eigenvalue weighted by Gasteiger charge is 2.37. The molecule has 1 aromatic rings. The van der Waals surface area contributed by atoms with Gasteiger partial charge in [-0.2, -0.15) is 11.8 Å². The van der Waals surface area contributed by atoms with E-state index in [9.17, 15) is 29.4 Å². The third kappa shape index (κ3) is 7.72. The Balaban J connectivity index is 2.17. The van der Waals surface area contributed by atoms with Gasteiger partial charge >= 0.3 is 5.97 Å². The first kappa shape index (κ1) is 26.6. The number of thioether (sulfide) groups is 1. The van der Waals surface area contributed by atoms with Crippen molar-refractivity contribution in [1.82, 2.24) is 15.5 Å². The number of carboxylic acid groups (broad SMARTS) is 1. The van der Waals surface area contributed by atoms with Gasteiger partial charge in [0.05, 0.1) is 6.61 Å². The Labute approximate surface area is 197 Å². The van der Waals surface area contributed by atoms with Crippen molar-refractivity contribution in [3.05, 3.63) is 35.9 Å². The number of aliphatic carboxylic acids is 1. The lowest BCUT2D eigenvalue weighted by Gasteiger charge is -2.28. The van der Waals surface area contributed by atoms with Gasteiger partial charge in [0.15, 0.2) is 0 Å². The zero-order chi connectivity index (χ0) is 24.4. The molecule has 0 spiro atoms. The van der Waals surface area contributed by atoms with Gasteiger partial charge in [-0.3, -0.25) is 14.4 Å². The topological polar surface area (TPSA) is 162 Å². The van der Waals surface area contributed by atoms with Gasteiger partial charge < -0.3 is 31.5 Å². The van der Waals surface area contributed by atoms with Gasteiger partial charge in [0.1, 0.15) is 24.2 Å². The van der Waals surface area contributed by atoms with E-state index < -0.39 is 54.5 Å². The number of rotatable bonds is 12. The second-order valence-corrected chi connectivity index (χ2v) is 8.90. The Morgan fingerprint density at radius 1 is 1.18 bits per heavy atom. The number of aliphatic hydroxyl groups is 1. The molecule has 0 aliphatic carbocycles. The largest absolute Gasteiger partial charge is 0.480 e.